The monoisotopic (exact) mass is 267 g/mol. The molecule has 0 saturated carbocycles. The van der Waals surface area contributed by atoms with Crippen molar-refractivity contribution in [3.8, 4) is 0 Å². The van der Waals surface area contributed by atoms with Crippen LogP contribution in [-0.2, 0) is 17.6 Å². The van der Waals surface area contributed by atoms with Gasteiger partial charge < -0.3 is 5.32 Å². The minimum Gasteiger partial charge on any atom is -0.349 e. The predicted octanol–water partition coefficient (Wildman–Crippen LogP) is 3.67. The molecule has 0 bridgehead atoms. The summed E-state index contributed by atoms with van der Waals surface area (Å²) in [7, 11) is 0. The van der Waals surface area contributed by atoms with Gasteiger partial charge in [0.2, 0.25) is 5.91 Å². The van der Waals surface area contributed by atoms with Gasteiger partial charge in [0, 0.05) is 0 Å². The first-order valence-electron chi connectivity index (χ1n) is 7.11. The molecule has 104 valence electrons. The molecular weight excluding hydrogens is 246 g/mol. The van der Waals surface area contributed by atoms with E-state index in [9.17, 15) is 4.79 Å². The van der Waals surface area contributed by atoms with Gasteiger partial charge in [-0.1, -0.05) is 61.5 Å². The van der Waals surface area contributed by atoms with Crippen molar-refractivity contribution >= 4 is 5.91 Å². The van der Waals surface area contributed by atoms with E-state index in [1.807, 2.05) is 49.4 Å². The molecule has 0 fully saturated rings. The van der Waals surface area contributed by atoms with Crippen molar-refractivity contribution in [3.63, 3.8) is 0 Å². The molecule has 0 spiro atoms. The Hall–Kier alpha value is -2.09. The standard InChI is InChI=1S/C18H21NO/c1-3-15-9-11-16(12-10-15)13-18(20)19-14(2)17-7-5-4-6-8-17/h4-12,14H,3,13H2,1-2H3,(H,19,20)/t14-/m1/s1. The highest BCUT2D eigenvalue weighted by Crippen LogP contribution is 2.12. The average molecular weight is 267 g/mol. The SMILES string of the molecule is CCc1ccc(CC(=O)N[C@H](C)c2ccccc2)cc1. The molecule has 0 aliphatic carbocycles. The largest absolute Gasteiger partial charge is 0.349 e. The van der Waals surface area contributed by atoms with E-state index in [4.69, 9.17) is 0 Å². The lowest BCUT2D eigenvalue weighted by atomic mass is 10.1. The van der Waals surface area contributed by atoms with Crippen LogP contribution in [0, 0.1) is 0 Å². The summed E-state index contributed by atoms with van der Waals surface area (Å²) < 4.78 is 0. The molecule has 0 saturated heterocycles. The molecule has 0 aliphatic rings. The van der Waals surface area contributed by atoms with Gasteiger partial charge in [0.05, 0.1) is 12.5 Å². The number of benzene rings is 2. The Morgan fingerprint density at radius 1 is 1.00 bits per heavy atom. The molecule has 2 rings (SSSR count). The Morgan fingerprint density at radius 2 is 1.60 bits per heavy atom. The molecule has 2 heteroatoms. The molecule has 2 aromatic carbocycles. The number of carbonyl (C=O) groups is 1. The number of carbonyl (C=O) groups excluding carboxylic acids is 1. The fourth-order valence-electron chi connectivity index (χ4n) is 2.20. The Kier molecular flexibility index (Phi) is 4.94. The molecule has 1 atom stereocenters. The molecule has 1 amide bonds. The second-order valence-corrected chi connectivity index (χ2v) is 5.05. The maximum Gasteiger partial charge on any atom is 0.224 e. The van der Waals surface area contributed by atoms with Crippen molar-refractivity contribution in [2.24, 2.45) is 0 Å². The van der Waals surface area contributed by atoms with Gasteiger partial charge in [-0.3, -0.25) is 4.79 Å². The van der Waals surface area contributed by atoms with Crippen molar-refractivity contribution in [2.75, 3.05) is 0 Å². The van der Waals surface area contributed by atoms with Crippen LogP contribution in [-0.4, -0.2) is 5.91 Å². The van der Waals surface area contributed by atoms with Crippen LogP contribution in [0.5, 0.6) is 0 Å². The third-order valence-corrected chi connectivity index (χ3v) is 3.47. The lowest BCUT2D eigenvalue weighted by molar-refractivity contribution is -0.121. The molecule has 2 nitrogen and oxygen atoms in total. The first kappa shape index (κ1) is 14.3. The number of rotatable bonds is 5. The van der Waals surface area contributed by atoms with E-state index in [-0.39, 0.29) is 11.9 Å². The van der Waals surface area contributed by atoms with Crippen molar-refractivity contribution in [1.29, 1.82) is 0 Å². The van der Waals surface area contributed by atoms with Crippen LogP contribution in [0.3, 0.4) is 0 Å². The topological polar surface area (TPSA) is 29.1 Å². The molecule has 0 aromatic heterocycles. The van der Waals surface area contributed by atoms with Gasteiger partial charge in [0.1, 0.15) is 0 Å². The van der Waals surface area contributed by atoms with Gasteiger partial charge in [-0.15, -0.1) is 0 Å². The second kappa shape index (κ2) is 6.90. The van der Waals surface area contributed by atoms with Crippen LogP contribution in [0.1, 0.15) is 36.6 Å². The summed E-state index contributed by atoms with van der Waals surface area (Å²) in [6, 6.07) is 18.3. The Bertz CT molecular complexity index is 545. The van der Waals surface area contributed by atoms with Crippen molar-refractivity contribution < 1.29 is 4.79 Å². The molecule has 0 radical (unpaired) electrons. The summed E-state index contributed by atoms with van der Waals surface area (Å²) in [6.45, 7) is 4.14. The van der Waals surface area contributed by atoms with E-state index in [1.165, 1.54) is 5.56 Å². The van der Waals surface area contributed by atoms with E-state index < -0.39 is 0 Å². The first-order valence-corrected chi connectivity index (χ1v) is 7.11. The highest BCUT2D eigenvalue weighted by atomic mass is 16.1. The maximum atomic E-state index is 12.0. The Morgan fingerprint density at radius 3 is 2.20 bits per heavy atom. The maximum absolute atomic E-state index is 12.0. The molecule has 2 aromatic rings. The minimum atomic E-state index is 0.0404. The van der Waals surface area contributed by atoms with E-state index in [1.54, 1.807) is 0 Å². The number of hydrogen-bond acceptors (Lipinski definition) is 1. The zero-order valence-electron chi connectivity index (χ0n) is 12.1. The Balaban J connectivity index is 1.91. The van der Waals surface area contributed by atoms with Gasteiger partial charge in [-0.2, -0.15) is 0 Å². The molecule has 0 aliphatic heterocycles. The van der Waals surface area contributed by atoms with Crippen LogP contribution in [0.15, 0.2) is 54.6 Å². The number of nitrogens with one attached hydrogen (secondary N) is 1. The number of hydrogen-bond donors (Lipinski definition) is 1. The summed E-state index contributed by atoms with van der Waals surface area (Å²) in [6.07, 6.45) is 1.46. The summed E-state index contributed by atoms with van der Waals surface area (Å²) >= 11 is 0. The van der Waals surface area contributed by atoms with Crippen molar-refractivity contribution in [3.05, 3.63) is 71.3 Å². The highest BCUT2D eigenvalue weighted by Gasteiger charge is 2.09. The highest BCUT2D eigenvalue weighted by molar-refractivity contribution is 5.79. The number of aryl methyl sites for hydroxylation is 1. The zero-order chi connectivity index (χ0) is 14.4. The van der Waals surface area contributed by atoms with Crippen LogP contribution in [0.4, 0.5) is 0 Å². The van der Waals surface area contributed by atoms with Crippen LogP contribution in [0.2, 0.25) is 0 Å². The van der Waals surface area contributed by atoms with Crippen LogP contribution < -0.4 is 5.32 Å². The summed E-state index contributed by atoms with van der Waals surface area (Å²) in [5.41, 5.74) is 3.48. The summed E-state index contributed by atoms with van der Waals surface area (Å²) in [5, 5.41) is 3.03. The minimum absolute atomic E-state index is 0.0404. The fourth-order valence-corrected chi connectivity index (χ4v) is 2.20. The molecule has 1 N–H and O–H groups in total. The van der Waals surface area contributed by atoms with Crippen molar-refractivity contribution in [2.45, 2.75) is 32.7 Å². The van der Waals surface area contributed by atoms with E-state index in [2.05, 4.69) is 24.4 Å². The van der Waals surface area contributed by atoms with Gasteiger partial charge >= 0.3 is 0 Å². The predicted molar refractivity (Wildman–Crippen MR) is 82.5 cm³/mol. The van der Waals surface area contributed by atoms with Gasteiger partial charge in [0.25, 0.3) is 0 Å². The number of amides is 1. The van der Waals surface area contributed by atoms with Crippen LogP contribution >= 0.6 is 0 Å². The smallest absolute Gasteiger partial charge is 0.224 e. The van der Waals surface area contributed by atoms with E-state index in [0.29, 0.717) is 6.42 Å². The lowest BCUT2D eigenvalue weighted by Crippen LogP contribution is -2.28. The fraction of sp³-hybridized carbons (Fsp3) is 0.278. The second-order valence-electron chi connectivity index (χ2n) is 5.05. The first-order chi connectivity index (χ1) is 9.69. The van der Waals surface area contributed by atoms with Crippen LogP contribution in [0.25, 0.3) is 0 Å². The third kappa shape index (κ3) is 3.95. The third-order valence-electron chi connectivity index (χ3n) is 3.47. The quantitative estimate of drug-likeness (QED) is 0.880. The van der Waals surface area contributed by atoms with E-state index >= 15 is 0 Å². The molecule has 20 heavy (non-hydrogen) atoms. The summed E-state index contributed by atoms with van der Waals surface area (Å²) in [4.78, 5) is 12.0. The van der Waals surface area contributed by atoms with Gasteiger partial charge in [0.15, 0.2) is 0 Å². The van der Waals surface area contributed by atoms with Gasteiger partial charge in [-0.05, 0) is 30.0 Å². The normalized spacial score (nSPS) is 11.9. The Labute approximate surface area is 120 Å². The average Bonchev–Trinajstić information content (AvgIpc) is 2.49. The lowest BCUT2D eigenvalue weighted by Gasteiger charge is -2.14. The van der Waals surface area contributed by atoms with Gasteiger partial charge in [-0.25, -0.2) is 0 Å². The summed E-state index contributed by atoms with van der Waals surface area (Å²) in [5.74, 6) is 0.0607. The molecular formula is C18H21NO. The van der Waals surface area contributed by atoms with E-state index in [0.717, 1.165) is 17.5 Å². The zero-order valence-corrected chi connectivity index (χ0v) is 12.1. The van der Waals surface area contributed by atoms with Crippen molar-refractivity contribution in [1.82, 2.24) is 5.32 Å². The molecule has 0 unspecified atom stereocenters. The molecule has 0 heterocycles.